The fourth-order valence-corrected chi connectivity index (χ4v) is 3.04. The number of aliphatic hydroxyl groups excluding tert-OH is 1. The van der Waals surface area contributed by atoms with Crippen molar-refractivity contribution in [1.82, 2.24) is 0 Å². The van der Waals surface area contributed by atoms with Crippen LogP contribution < -0.4 is 0 Å². The van der Waals surface area contributed by atoms with Crippen molar-refractivity contribution in [2.24, 2.45) is 23.2 Å². The Labute approximate surface area is 107 Å². The van der Waals surface area contributed by atoms with Crippen LogP contribution in [0.3, 0.4) is 0 Å². The quantitative estimate of drug-likeness (QED) is 0.679. The van der Waals surface area contributed by atoms with Gasteiger partial charge in [0.15, 0.2) is 0 Å². The lowest BCUT2D eigenvalue weighted by Crippen LogP contribution is -2.21. The Morgan fingerprint density at radius 2 is 2.00 bits per heavy atom. The molecule has 0 amide bonds. The van der Waals surface area contributed by atoms with Crippen molar-refractivity contribution in [3.8, 4) is 0 Å². The maximum Gasteiger partial charge on any atom is 0.0456 e. The average molecular weight is 238 g/mol. The van der Waals surface area contributed by atoms with Gasteiger partial charge < -0.3 is 5.11 Å². The first kappa shape index (κ1) is 14.8. The summed E-state index contributed by atoms with van der Waals surface area (Å²) < 4.78 is 0. The maximum absolute atomic E-state index is 9.07. The van der Waals surface area contributed by atoms with E-state index in [1.54, 1.807) is 5.57 Å². The second-order valence-corrected chi connectivity index (χ2v) is 6.75. The summed E-state index contributed by atoms with van der Waals surface area (Å²) in [5, 5.41) is 9.07. The molecule has 0 aromatic carbocycles. The molecule has 1 rings (SSSR count). The van der Waals surface area contributed by atoms with E-state index in [0.717, 1.165) is 18.3 Å². The summed E-state index contributed by atoms with van der Waals surface area (Å²) in [6.45, 7) is 11.8. The molecule has 0 spiro atoms. The first-order valence-electron chi connectivity index (χ1n) is 7.16. The molecule has 1 heteroatoms. The van der Waals surface area contributed by atoms with E-state index in [2.05, 4.69) is 40.7 Å². The lowest BCUT2D eigenvalue weighted by molar-refractivity contribution is 0.202. The van der Waals surface area contributed by atoms with Gasteiger partial charge in [-0.1, -0.05) is 45.8 Å². The van der Waals surface area contributed by atoms with Crippen LogP contribution >= 0.6 is 0 Å². The molecule has 0 unspecified atom stereocenters. The molecule has 1 aliphatic rings. The van der Waals surface area contributed by atoms with Crippen LogP contribution in [0.5, 0.6) is 0 Å². The molecule has 0 bridgehead atoms. The highest BCUT2D eigenvalue weighted by Crippen LogP contribution is 2.45. The minimum Gasteiger partial charge on any atom is -0.396 e. The Kier molecular flexibility index (Phi) is 5.24. The van der Waals surface area contributed by atoms with E-state index >= 15 is 0 Å². The zero-order valence-electron chi connectivity index (χ0n) is 12.3. The summed E-state index contributed by atoms with van der Waals surface area (Å²) >= 11 is 0. The van der Waals surface area contributed by atoms with Crippen molar-refractivity contribution in [3.63, 3.8) is 0 Å². The van der Waals surface area contributed by atoms with Gasteiger partial charge in [0.05, 0.1) is 0 Å². The van der Waals surface area contributed by atoms with Gasteiger partial charge in [-0.2, -0.15) is 0 Å². The van der Waals surface area contributed by atoms with Crippen LogP contribution in [-0.2, 0) is 0 Å². The van der Waals surface area contributed by atoms with Crippen LogP contribution in [0, 0.1) is 23.2 Å². The summed E-state index contributed by atoms with van der Waals surface area (Å²) in [7, 11) is 0. The molecule has 100 valence electrons. The van der Waals surface area contributed by atoms with Crippen LogP contribution in [0.15, 0.2) is 11.6 Å². The Bertz CT molecular complexity index is 265. The topological polar surface area (TPSA) is 20.2 Å². The second-order valence-electron chi connectivity index (χ2n) is 6.75. The Morgan fingerprint density at radius 3 is 2.47 bits per heavy atom. The highest BCUT2D eigenvalue weighted by atomic mass is 16.3. The summed E-state index contributed by atoms with van der Waals surface area (Å²) in [4.78, 5) is 0. The summed E-state index contributed by atoms with van der Waals surface area (Å²) in [5.41, 5.74) is 1.97. The molecule has 17 heavy (non-hydrogen) atoms. The predicted molar refractivity (Wildman–Crippen MR) is 74.9 cm³/mol. The summed E-state index contributed by atoms with van der Waals surface area (Å²) in [6.07, 6.45) is 7.49. The van der Waals surface area contributed by atoms with E-state index < -0.39 is 0 Å². The SMILES string of the molecule is CC1=CC[C@H](CC[C@H](C)C[C@H](C)CO)C1(C)C. The fraction of sp³-hybridized carbons (Fsp3) is 0.875. The summed E-state index contributed by atoms with van der Waals surface area (Å²) in [6, 6.07) is 0. The highest BCUT2D eigenvalue weighted by Gasteiger charge is 2.34. The number of rotatable bonds is 6. The third kappa shape index (κ3) is 3.84. The van der Waals surface area contributed by atoms with Crippen molar-refractivity contribution >= 4 is 0 Å². The van der Waals surface area contributed by atoms with E-state index in [0.29, 0.717) is 17.9 Å². The zero-order chi connectivity index (χ0) is 13.1. The van der Waals surface area contributed by atoms with Gasteiger partial charge in [-0.3, -0.25) is 0 Å². The molecule has 3 atom stereocenters. The van der Waals surface area contributed by atoms with Gasteiger partial charge in [0, 0.05) is 6.61 Å². The fourth-order valence-electron chi connectivity index (χ4n) is 3.04. The normalized spacial score (nSPS) is 26.7. The van der Waals surface area contributed by atoms with E-state index in [4.69, 9.17) is 5.11 Å². The van der Waals surface area contributed by atoms with Crippen LogP contribution in [0.4, 0.5) is 0 Å². The minimum absolute atomic E-state index is 0.333. The smallest absolute Gasteiger partial charge is 0.0456 e. The standard InChI is InChI=1S/C16H30O/c1-12(10-13(2)11-17)6-8-15-9-7-14(3)16(15,4)5/h7,12-13,15,17H,6,8-11H2,1-5H3/t12-,13-,15-/m0/s1. The molecule has 0 radical (unpaired) electrons. The van der Waals surface area contributed by atoms with Crippen LogP contribution in [0.2, 0.25) is 0 Å². The van der Waals surface area contributed by atoms with Crippen molar-refractivity contribution in [3.05, 3.63) is 11.6 Å². The monoisotopic (exact) mass is 238 g/mol. The van der Waals surface area contributed by atoms with Gasteiger partial charge in [0.1, 0.15) is 0 Å². The molecule has 0 heterocycles. The number of allylic oxidation sites excluding steroid dienone is 2. The van der Waals surface area contributed by atoms with Crippen molar-refractivity contribution < 1.29 is 5.11 Å². The minimum atomic E-state index is 0.333. The van der Waals surface area contributed by atoms with Gasteiger partial charge >= 0.3 is 0 Å². The molecule has 0 aromatic rings. The van der Waals surface area contributed by atoms with Gasteiger partial charge in [-0.25, -0.2) is 0 Å². The van der Waals surface area contributed by atoms with Crippen LogP contribution in [-0.4, -0.2) is 11.7 Å². The molecular formula is C16H30O. The lowest BCUT2D eigenvalue weighted by Gasteiger charge is -2.30. The molecule has 0 aromatic heterocycles. The van der Waals surface area contributed by atoms with Crippen molar-refractivity contribution in [2.45, 2.75) is 60.3 Å². The Morgan fingerprint density at radius 1 is 1.35 bits per heavy atom. The third-order valence-corrected chi connectivity index (χ3v) is 4.87. The van der Waals surface area contributed by atoms with Crippen LogP contribution in [0.1, 0.15) is 60.3 Å². The molecule has 1 N–H and O–H groups in total. The molecule has 0 saturated heterocycles. The molecule has 1 nitrogen and oxygen atoms in total. The number of hydrogen-bond donors (Lipinski definition) is 1. The largest absolute Gasteiger partial charge is 0.396 e. The maximum atomic E-state index is 9.07. The first-order chi connectivity index (χ1) is 7.87. The Balaban J connectivity index is 2.33. The molecule has 0 fully saturated rings. The van der Waals surface area contributed by atoms with Gasteiger partial charge in [0.25, 0.3) is 0 Å². The lowest BCUT2D eigenvalue weighted by atomic mass is 9.74. The van der Waals surface area contributed by atoms with E-state index in [1.807, 2.05) is 0 Å². The average Bonchev–Trinajstić information content (AvgIpc) is 2.51. The third-order valence-electron chi connectivity index (χ3n) is 4.87. The van der Waals surface area contributed by atoms with E-state index in [1.165, 1.54) is 19.3 Å². The van der Waals surface area contributed by atoms with E-state index in [-0.39, 0.29) is 0 Å². The van der Waals surface area contributed by atoms with Crippen LogP contribution in [0.25, 0.3) is 0 Å². The van der Waals surface area contributed by atoms with Crippen molar-refractivity contribution in [1.29, 1.82) is 0 Å². The predicted octanol–water partition coefficient (Wildman–Crippen LogP) is 4.41. The highest BCUT2D eigenvalue weighted by molar-refractivity contribution is 5.18. The molecule has 0 saturated carbocycles. The zero-order valence-corrected chi connectivity index (χ0v) is 12.3. The number of hydrogen-bond acceptors (Lipinski definition) is 1. The van der Waals surface area contributed by atoms with Crippen molar-refractivity contribution in [2.75, 3.05) is 6.61 Å². The molecular weight excluding hydrogens is 208 g/mol. The second kappa shape index (κ2) is 6.04. The molecule has 0 aliphatic heterocycles. The van der Waals surface area contributed by atoms with Gasteiger partial charge in [-0.05, 0) is 49.4 Å². The first-order valence-corrected chi connectivity index (χ1v) is 7.16. The van der Waals surface area contributed by atoms with E-state index in [9.17, 15) is 0 Å². The van der Waals surface area contributed by atoms with Gasteiger partial charge in [0.2, 0.25) is 0 Å². The van der Waals surface area contributed by atoms with Gasteiger partial charge in [-0.15, -0.1) is 0 Å². The Hall–Kier alpha value is -0.300. The summed E-state index contributed by atoms with van der Waals surface area (Å²) in [5.74, 6) is 2.03. The number of aliphatic hydroxyl groups is 1. The molecule has 1 aliphatic carbocycles.